The van der Waals surface area contributed by atoms with Crippen LogP contribution in [0.4, 0.5) is 4.39 Å². The van der Waals surface area contributed by atoms with E-state index in [9.17, 15) is 14.0 Å². The Bertz CT molecular complexity index is 824. The molecule has 3 aromatic rings. The van der Waals surface area contributed by atoms with Gasteiger partial charge in [0.2, 0.25) is 5.78 Å². The van der Waals surface area contributed by atoms with Crippen LogP contribution in [0.3, 0.4) is 0 Å². The number of fused-ring (bicyclic) bond motifs is 1. The minimum absolute atomic E-state index is 0.0372. The number of hydrogen-bond donors (Lipinski definition) is 1. The van der Waals surface area contributed by atoms with Crippen LogP contribution >= 0.6 is 11.6 Å². The number of rotatable bonds is 3. The minimum atomic E-state index is -1.15. The van der Waals surface area contributed by atoms with Gasteiger partial charge in [0.25, 0.3) is 5.24 Å². The molecule has 0 spiro atoms. The van der Waals surface area contributed by atoms with Gasteiger partial charge >= 0.3 is 0 Å². The van der Waals surface area contributed by atoms with Crippen LogP contribution in [-0.2, 0) is 4.79 Å². The Kier molecular flexibility index (Phi) is 2.87. The third kappa shape index (κ3) is 1.81. The van der Waals surface area contributed by atoms with E-state index in [0.717, 1.165) is 0 Å². The van der Waals surface area contributed by atoms with Gasteiger partial charge in [-0.25, -0.2) is 9.37 Å². The number of H-pyrrole nitrogens is 1. The van der Waals surface area contributed by atoms with Crippen LogP contribution in [0, 0.1) is 5.82 Å². The van der Waals surface area contributed by atoms with Crippen molar-refractivity contribution in [3.8, 4) is 5.69 Å². The lowest BCUT2D eigenvalue weighted by molar-refractivity contribution is -0.108. The highest BCUT2D eigenvalue weighted by Crippen LogP contribution is 2.27. The van der Waals surface area contributed by atoms with E-state index in [0.29, 0.717) is 11.2 Å². The fourth-order valence-corrected chi connectivity index (χ4v) is 2.20. The molecule has 3 rings (SSSR count). The maximum Gasteiger partial charge on any atom is 0.293 e. The van der Waals surface area contributed by atoms with Gasteiger partial charge in [-0.2, -0.15) is 0 Å². The first kappa shape index (κ1) is 12.6. The molecule has 0 unspecified atom stereocenters. The highest BCUT2D eigenvalue weighted by molar-refractivity contribution is 6.83. The summed E-state index contributed by atoms with van der Waals surface area (Å²) in [7, 11) is 0. The van der Waals surface area contributed by atoms with Gasteiger partial charge in [-0.05, 0) is 23.7 Å². The molecule has 0 bridgehead atoms. The molecule has 0 aliphatic carbocycles. The molecule has 2 heterocycles. The molecule has 0 saturated heterocycles. The van der Waals surface area contributed by atoms with Crippen molar-refractivity contribution in [2.24, 2.45) is 0 Å². The maximum absolute atomic E-state index is 14.0. The predicted molar refractivity (Wildman–Crippen MR) is 70.6 cm³/mol. The van der Waals surface area contributed by atoms with Gasteiger partial charge in [0.1, 0.15) is 5.82 Å². The van der Waals surface area contributed by atoms with Gasteiger partial charge in [-0.3, -0.25) is 9.59 Å². The number of benzene rings is 1. The molecule has 0 fully saturated rings. The Balaban J connectivity index is 2.31. The molecule has 0 saturated carbocycles. The van der Waals surface area contributed by atoms with E-state index in [4.69, 9.17) is 11.6 Å². The molecule has 7 heteroatoms. The zero-order chi connectivity index (χ0) is 14.3. The Hall–Kier alpha value is -2.47. The lowest BCUT2D eigenvalue weighted by Crippen LogP contribution is -2.07. The Morgan fingerprint density at radius 1 is 1.35 bits per heavy atom. The second kappa shape index (κ2) is 4.57. The summed E-state index contributed by atoms with van der Waals surface area (Å²) in [4.78, 5) is 29.4. The fourth-order valence-electron chi connectivity index (χ4n) is 2.09. The summed E-state index contributed by atoms with van der Waals surface area (Å²) in [5, 5.41) is -1.12. The molecule has 100 valence electrons. The zero-order valence-electron chi connectivity index (χ0n) is 9.93. The summed E-state index contributed by atoms with van der Waals surface area (Å²) in [6.45, 7) is 0. The number of carbonyl (C=O) groups excluding carboxylic acids is 2. The molecule has 2 aromatic heterocycles. The highest BCUT2D eigenvalue weighted by atomic mass is 35.5. The molecule has 0 radical (unpaired) electrons. The van der Waals surface area contributed by atoms with Crippen LogP contribution in [0.1, 0.15) is 10.4 Å². The van der Waals surface area contributed by atoms with E-state index in [1.165, 1.54) is 12.3 Å². The average molecular weight is 292 g/mol. The second-order valence-corrected chi connectivity index (χ2v) is 4.43. The number of nitrogens with one attached hydrogen (secondary N) is 1. The van der Waals surface area contributed by atoms with Crippen molar-refractivity contribution in [2.45, 2.75) is 0 Å². The van der Waals surface area contributed by atoms with Crippen LogP contribution in [0.25, 0.3) is 16.6 Å². The normalized spacial score (nSPS) is 10.9. The summed E-state index contributed by atoms with van der Waals surface area (Å²) in [6, 6.07) is 2.77. The van der Waals surface area contributed by atoms with Crippen LogP contribution in [0.5, 0.6) is 0 Å². The SMILES string of the molecule is O=C(Cl)C(=O)c1c[nH]c2c(-n3ccnc3)ccc(F)c12. The van der Waals surface area contributed by atoms with E-state index in [-0.39, 0.29) is 10.9 Å². The molecular weight excluding hydrogens is 285 g/mol. The molecule has 0 amide bonds. The quantitative estimate of drug-likeness (QED) is 0.458. The largest absolute Gasteiger partial charge is 0.359 e. The third-order valence-corrected chi connectivity index (χ3v) is 3.14. The van der Waals surface area contributed by atoms with E-state index in [1.807, 2.05) is 0 Å². The number of carbonyl (C=O) groups is 2. The van der Waals surface area contributed by atoms with Crippen molar-refractivity contribution in [1.82, 2.24) is 14.5 Å². The van der Waals surface area contributed by atoms with Gasteiger partial charge in [0.05, 0.1) is 23.1 Å². The summed E-state index contributed by atoms with van der Waals surface area (Å²) in [5.41, 5.74) is 0.920. The van der Waals surface area contributed by atoms with Crippen LogP contribution in [-0.4, -0.2) is 25.6 Å². The highest BCUT2D eigenvalue weighted by Gasteiger charge is 2.21. The van der Waals surface area contributed by atoms with E-state index in [2.05, 4.69) is 9.97 Å². The molecular formula is C13H7ClFN3O2. The lowest BCUT2D eigenvalue weighted by atomic mass is 10.1. The van der Waals surface area contributed by atoms with Gasteiger partial charge in [0, 0.05) is 24.0 Å². The standard InChI is InChI=1S/C13H7ClFN3O2/c14-13(20)12(19)7-5-17-11-9(18-4-3-16-6-18)2-1-8(15)10(7)11/h1-6,17H. The van der Waals surface area contributed by atoms with E-state index in [1.54, 1.807) is 29.4 Å². The summed E-state index contributed by atoms with van der Waals surface area (Å²) in [5.74, 6) is -1.55. The van der Waals surface area contributed by atoms with Crippen molar-refractivity contribution in [3.05, 3.63) is 48.4 Å². The first-order chi connectivity index (χ1) is 9.59. The molecule has 0 atom stereocenters. The summed E-state index contributed by atoms with van der Waals surface area (Å²) < 4.78 is 15.6. The number of aromatic amines is 1. The topological polar surface area (TPSA) is 67.8 Å². The Morgan fingerprint density at radius 2 is 2.15 bits per heavy atom. The van der Waals surface area contributed by atoms with Crippen molar-refractivity contribution in [3.63, 3.8) is 0 Å². The Labute approximate surface area is 117 Å². The number of aromatic nitrogens is 3. The van der Waals surface area contributed by atoms with Crippen LogP contribution < -0.4 is 0 Å². The minimum Gasteiger partial charge on any atom is -0.359 e. The van der Waals surface area contributed by atoms with Crippen LogP contribution in [0.15, 0.2) is 37.1 Å². The number of nitrogens with zero attached hydrogens (tertiary/aromatic N) is 2. The van der Waals surface area contributed by atoms with Crippen LogP contribution in [0.2, 0.25) is 0 Å². The molecule has 20 heavy (non-hydrogen) atoms. The molecule has 0 aliphatic heterocycles. The molecule has 5 nitrogen and oxygen atoms in total. The molecule has 0 aliphatic rings. The first-order valence-electron chi connectivity index (χ1n) is 5.61. The van der Waals surface area contributed by atoms with Gasteiger partial charge in [0.15, 0.2) is 0 Å². The first-order valence-corrected chi connectivity index (χ1v) is 5.99. The van der Waals surface area contributed by atoms with Crippen molar-refractivity contribution in [2.75, 3.05) is 0 Å². The van der Waals surface area contributed by atoms with Crippen molar-refractivity contribution < 1.29 is 14.0 Å². The number of Topliss-reactive ketones (excluding diaryl/α,β-unsaturated/α-hetero) is 1. The van der Waals surface area contributed by atoms with Crippen molar-refractivity contribution in [1.29, 1.82) is 0 Å². The van der Waals surface area contributed by atoms with E-state index >= 15 is 0 Å². The average Bonchev–Trinajstić information content (AvgIpc) is 3.07. The number of halogens is 2. The maximum atomic E-state index is 14.0. The van der Waals surface area contributed by atoms with Gasteiger partial charge < -0.3 is 9.55 Å². The summed E-state index contributed by atoms with van der Waals surface area (Å²) in [6.07, 6.45) is 6.08. The smallest absolute Gasteiger partial charge is 0.293 e. The fraction of sp³-hybridized carbons (Fsp3) is 0. The predicted octanol–water partition coefficient (Wildman–Crippen LogP) is 2.44. The summed E-state index contributed by atoms with van der Waals surface area (Å²) >= 11 is 5.17. The van der Waals surface area contributed by atoms with Gasteiger partial charge in [-0.1, -0.05) is 0 Å². The monoisotopic (exact) mass is 291 g/mol. The van der Waals surface area contributed by atoms with E-state index < -0.39 is 16.8 Å². The van der Waals surface area contributed by atoms with Crippen molar-refractivity contribution >= 4 is 33.5 Å². The van der Waals surface area contributed by atoms with Gasteiger partial charge in [-0.15, -0.1) is 0 Å². The lowest BCUT2D eigenvalue weighted by Gasteiger charge is -2.05. The molecule has 1 N–H and O–H groups in total. The molecule has 1 aromatic carbocycles. The second-order valence-electron chi connectivity index (χ2n) is 4.09. The number of hydrogen-bond acceptors (Lipinski definition) is 3. The Morgan fingerprint density at radius 3 is 2.80 bits per heavy atom. The third-order valence-electron chi connectivity index (χ3n) is 2.97. The number of ketones is 1. The number of imidazole rings is 1. The zero-order valence-corrected chi connectivity index (χ0v) is 10.7.